The van der Waals surface area contributed by atoms with E-state index in [1.807, 2.05) is 18.5 Å². The lowest BCUT2D eigenvalue weighted by Gasteiger charge is -2.55. The van der Waals surface area contributed by atoms with E-state index in [9.17, 15) is 14.7 Å². The maximum absolute atomic E-state index is 14.7. The van der Waals surface area contributed by atoms with E-state index in [1.165, 1.54) is 17.5 Å². The molecule has 10 nitrogen and oxygen atoms in total. The fraction of sp³-hybridized carbons (Fsp3) is 0.610. The van der Waals surface area contributed by atoms with Crippen molar-refractivity contribution in [2.45, 2.75) is 120 Å². The van der Waals surface area contributed by atoms with Gasteiger partial charge < -0.3 is 24.4 Å². The van der Waals surface area contributed by atoms with E-state index < -0.39 is 6.10 Å². The largest absolute Gasteiger partial charge is 0.496 e. The molecule has 5 aliphatic carbocycles. The summed E-state index contributed by atoms with van der Waals surface area (Å²) in [7, 11) is 1.73. The Hall–Kier alpha value is -3.92. The number of amides is 2. The van der Waals surface area contributed by atoms with Crippen molar-refractivity contribution < 1.29 is 24.2 Å². The molecule has 6 fully saturated rings. The highest BCUT2D eigenvalue weighted by atomic mass is 16.6. The van der Waals surface area contributed by atoms with Crippen LogP contribution in [0.2, 0.25) is 0 Å². The predicted molar refractivity (Wildman–Crippen MR) is 195 cm³/mol. The Labute approximate surface area is 301 Å². The molecular formula is C41H53N5O5. The smallest absolute Gasteiger partial charge is 0.410 e. The van der Waals surface area contributed by atoms with Crippen LogP contribution in [-0.4, -0.2) is 75.7 Å². The quantitative estimate of drug-likeness (QED) is 0.253. The average molecular weight is 696 g/mol. The molecule has 272 valence electrons. The van der Waals surface area contributed by atoms with Crippen molar-refractivity contribution in [3.05, 3.63) is 60.0 Å². The van der Waals surface area contributed by atoms with Gasteiger partial charge in [0.2, 0.25) is 5.91 Å². The van der Waals surface area contributed by atoms with Crippen LogP contribution in [0.4, 0.5) is 10.5 Å². The van der Waals surface area contributed by atoms with Crippen molar-refractivity contribution in [3.8, 4) is 17.0 Å². The number of aliphatic hydroxyl groups is 1. The van der Waals surface area contributed by atoms with Crippen LogP contribution in [0.15, 0.2) is 48.9 Å². The molecule has 0 radical (unpaired) electrons. The maximum Gasteiger partial charge on any atom is 0.410 e. The van der Waals surface area contributed by atoms with Gasteiger partial charge in [-0.15, -0.1) is 0 Å². The Bertz CT molecular complexity index is 1740. The van der Waals surface area contributed by atoms with Crippen LogP contribution in [0.1, 0.15) is 102 Å². The molecule has 3 aromatic rings. The topological polar surface area (TPSA) is 110 Å². The first-order chi connectivity index (χ1) is 24.6. The lowest BCUT2D eigenvalue weighted by Crippen LogP contribution is -2.54. The van der Waals surface area contributed by atoms with Crippen molar-refractivity contribution in [3.63, 3.8) is 0 Å². The number of carbonyl (C=O) groups is 2. The summed E-state index contributed by atoms with van der Waals surface area (Å²) in [6.45, 7) is 5.77. The van der Waals surface area contributed by atoms with Crippen LogP contribution in [-0.2, 0) is 20.5 Å². The number of rotatable bonds is 9. The number of hydrogen-bond acceptors (Lipinski definition) is 7. The molecule has 51 heavy (non-hydrogen) atoms. The zero-order valence-electron chi connectivity index (χ0n) is 30.5. The van der Waals surface area contributed by atoms with Crippen LogP contribution in [0.5, 0.6) is 5.75 Å². The molecule has 1 aromatic carbocycles. The Morgan fingerprint density at radius 2 is 1.71 bits per heavy atom. The number of fused-ring (bicyclic) bond motifs is 3. The second-order valence-corrected chi connectivity index (χ2v) is 16.7. The van der Waals surface area contributed by atoms with Gasteiger partial charge in [-0.2, -0.15) is 5.10 Å². The van der Waals surface area contributed by atoms with Gasteiger partial charge in [0.25, 0.3) is 0 Å². The van der Waals surface area contributed by atoms with E-state index in [4.69, 9.17) is 19.6 Å². The molecule has 1 N–H and O–H groups in total. The summed E-state index contributed by atoms with van der Waals surface area (Å²) in [6.07, 6.45) is 17.7. The summed E-state index contributed by atoms with van der Waals surface area (Å²) >= 11 is 0. The minimum Gasteiger partial charge on any atom is -0.496 e. The first-order valence-corrected chi connectivity index (χ1v) is 19.2. The number of methoxy groups -OCH3 is 1. The number of hydrogen-bond donors (Lipinski definition) is 1. The molecular weight excluding hydrogens is 642 g/mol. The second-order valence-electron chi connectivity index (χ2n) is 16.7. The van der Waals surface area contributed by atoms with Gasteiger partial charge in [-0.3, -0.25) is 14.5 Å². The molecule has 10 heteroatoms. The molecule has 2 amide bonds. The van der Waals surface area contributed by atoms with Gasteiger partial charge >= 0.3 is 6.09 Å². The molecule has 9 rings (SSSR count). The number of aryl methyl sites for hydroxylation is 1. The third-order valence-corrected chi connectivity index (χ3v) is 13.5. The molecule has 2 aromatic heterocycles. The van der Waals surface area contributed by atoms with Gasteiger partial charge in [0, 0.05) is 36.1 Å². The average Bonchev–Trinajstić information content (AvgIpc) is 3.63. The fourth-order valence-corrected chi connectivity index (χ4v) is 9.66. The standard InChI is InChI=1S/C41H53N5O5/c1-28-21-31(7-10-36(28)50-3)41-17-14-40(15-18-41,16-19-41)27-45(37(48)29-5-8-34(9-6-29)51-38(49)44-25-33(47)26-44)32-11-20-42-35(22-32)30-23-43-46(24-30)39(2)12-4-13-39/h7,10-11,20-24,29,33-34,47H,4-6,8-9,12-19,25-27H2,1-3H3. The molecule has 1 saturated heterocycles. The lowest BCUT2D eigenvalue weighted by atomic mass is 9.51. The van der Waals surface area contributed by atoms with E-state index in [-0.39, 0.29) is 40.4 Å². The van der Waals surface area contributed by atoms with Gasteiger partial charge in [0.15, 0.2) is 0 Å². The summed E-state index contributed by atoms with van der Waals surface area (Å²) in [6, 6.07) is 10.8. The fourth-order valence-electron chi connectivity index (χ4n) is 9.66. The van der Waals surface area contributed by atoms with Crippen molar-refractivity contribution in [2.75, 3.05) is 31.6 Å². The van der Waals surface area contributed by atoms with Crippen LogP contribution in [0.25, 0.3) is 11.3 Å². The number of pyridine rings is 1. The zero-order chi connectivity index (χ0) is 35.4. The summed E-state index contributed by atoms with van der Waals surface area (Å²) in [5.41, 5.74) is 5.67. The van der Waals surface area contributed by atoms with E-state index in [1.54, 1.807) is 12.0 Å². The SMILES string of the molecule is COc1ccc(C23CCC(CN(C(=O)C4CCC(OC(=O)N5CC(O)C5)CC4)c4ccnc(-c5cnn(C6(C)CCC6)c5)c4)(CC2)CC3)cc1C. The lowest BCUT2D eigenvalue weighted by molar-refractivity contribution is -0.124. The molecule has 5 saturated carbocycles. The van der Waals surface area contributed by atoms with E-state index in [0.717, 1.165) is 74.1 Å². The Kier molecular flexibility index (Phi) is 8.88. The number of aromatic nitrogens is 3. The van der Waals surface area contributed by atoms with Crippen molar-refractivity contribution in [2.24, 2.45) is 11.3 Å². The third-order valence-electron chi connectivity index (χ3n) is 13.5. The van der Waals surface area contributed by atoms with Gasteiger partial charge in [0.05, 0.1) is 43.7 Å². The second kappa shape index (κ2) is 13.2. The third kappa shape index (κ3) is 6.42. The van der Waals surface area contributed by atoms with Crippen LogP contribution >= 0.6 is 0 Å². The summed E-state index contributed by atoms with van der Waals surface area (Å²) in [5, 5.41) is 14.3. The minimum absolute atomic E-state index is 0.0700. The minimum atomic E-state index is -0.455. The van der Waals surface area contributed by atoms with Crippen LogP contribution < -0.4 is 9.64 Å². The summed E-state index contributed by atoms with van der Waals surface area (Å²) < 4.78 is 13.4. The number of benzene rings is 1. The Balaban J connectivity index is 1.01. The molecule has 3 heterocycles. The number of carbonyl (C=O) groups excluding carboxylic acids is 2. The van der Waals surface area contributed by atoms with Gasteiger partial charge in [-0.05, 0) is 137 Å². The first-order valence-electron chi connectivity index (χ1n) is 19.2. The van der Waals surface area contributed by atoms with Gasteiger partial charge in [-0.25, -0.2) is 4.79 Å². The Morgan fingerprint density at radius 3 is 2.33 bits per heavy atom. The number of β-amino-alcohol motifs (C(OH)–C–C–N with tert-alkyl or cyclic N) is 1. The van der Waals surface area contributed by atoms with Crippen LogP contribution in [0.3, 0.4) is 0 Å². The molecule has 1 aliphatic heterocycles. The van der Waals surface area contributed by atoms with Gasteiger partial charge in [-0.1, -0.05) is 12.1 Å². The maximum atomic E-state index is 14.7. The summed E-state index contributed by atoms with van der Waals surface area (Å²) in [4.78, 5) is 35.6. The molecule has 0 unspecified atom stereocenters. The number of anilines is 1. The highest BCUT2D eigenvalue weighted by Crippen LogP contribution is 2.58. The number of likely N-dealkylation sites (tertiary alicyclic amines) is 1. The molecule has 2 bridgehead atoms. The molecule has 0 spiro atoms. The van der Waals surface area contributed by atoms with Gasteiger partial charge in [0.1, 0.15) is 11.9 Å². The predicted octanol–water partition coefficient (Wildman–Crippen LogP) is 7.16. The van der Waals surface area contributed by atoms with Crippen LogP contribution in [0, 0.1) is 18.3 Å². The monoisotopic (exact) mass is 695 g/mol. The van der Waals surface area contributed by atoms with Crippen molar-refractivity contribution >= 4 is 17.7 Å². The summed E-state index contributed by atoms with van der Waals surface area (Å²) in [5.74, 6) is 0.978. The highest BCUT2D eigenvalue weighted by Gasteiger charge is 2.51. The number of aliphatic hydroxyl groups excluding tert-OH is 1. The number of ether oxygens (including phenoxy) is 2. The molecule has 0 atom stereocenters. The first kappa shape index (κ1) is 34.2. The highest BCUT2D eigenvalue weighted by molar-refractivity contribution is 5.95. The molecule has 6 aliphatic rings. The number of nitrogens with zero attached hydrogens (tertiary/aromatic N) is 5. The zero-order valence-corrected chi connectivity index (χ0v) is 30.5. The Morgan fingerprint density at radius 1 is 0.980 bits per heavy atom. The van der Waals surface area contributed by atoms with E-state index >= 15 is 0 Å². The normalized spacial score (nSPS) is 28.4. The van der Waals surface area contributed by atoms with Crippen molar-refractivity contribution in [1.82, 2.24) is 19.7 Å². The van der Waals surface area contributed by atoms with E-state index in [0.29, 0.717) is 45.3 Å². The van der Waals surface area contributed by atoms with E-state index in [2.05, 4.69) is 53.9 Å². The van der Waals surface area contributed by atoms with Crippen molar-refractivity contribution in [1.29, 1.82) is 0 Å².